The Hall–Kier alpha value is -2.41. The molecule has 3 unspecified atom stereocenters. The van der Waals surface area contributed by atoms with Crippen LogP contribution in [0.15, 0.2) is 18.2 Å². The summed E-state index contributed by atoms with van der Waals surface area (Å²) in [6.45, 7) is -0.757. The van der Waals surface area contributed by atoms with Crippen molar-refractivity contribution < 1.29 is 39.0 Å². The van der Waals surface area contributed by atoms with Crippen LogP contribution >= 0.6 is 0 Å². The van der Waals surface area contributed by atoms with Gasteiger partial charge in [-0.15, -0.1) is 0 Å². The maximum atomic E-state index is 14.0. The zero-order chi connectivity index (χ0) is 18.0. The fourth-order valence-electron chi connectivity index (χ4n) is 2.13. The summed E-state index contributed by atoms with van der Waals surface area (Å²) in [6.07, 6.45) is -9.15. The SMILES string of the molecule is O=[N+]([O-])c1ccc(O[C@@H]2OC(CO)[C@H](O)C(O)C2F)c([N+](=O)[O-])c1. The molecule has 2 rings (SSSR count). The number of nitro groups is 2. The lowest BCUT2D eigenvalue weighted by molar-refractivity contribution is -0.395. The van der Waals surface area contributed by atoms with Crippen LogP contribution in [0.25, 0.3) is 0 Å². The number of nitrogens with zero attached hydrogens (tertiary/aromatic N) is 2. The first-order valence-corrected chi connectivity index (χ1v) is 6.62. The third-order valence-corrected chi connectivity index (χ3v) is 3.40. The molecule has 1 saturated heterocycles. The van der Waals surface area contributed by atoms with E-state index >= 15 is 0 Å². The van der Waals surface area contributed by atoms with E-state index in [-0.39, 0.29) is 0 Å². The standard InChI is InChI=1S/C12H13FN2O9/c13-9-11(18)10(17)8(4-16)24-12(9)23-7-2-1-5(14(19)20)3-6(7)15(21)22/h1-3,8-12,16-18H,4H2/t8?,9?,10-,11?,12+/m0/s1. The van der Waals surface area contributed by atoms with E-state index < -0.39 is 64.4 Å². The molecule has 3 N–H and O–H groups in total. The lowest BCUT2D eigenvalue weighted by Gasteiger charge is -2.38. The number of alkyl halides is 1. The molecule has 11 nitrogen and oxygen atoms in total. The Bertz CT molecular complexity index is 641. The molecule has 0 aliphatic carbocycles. The van der Waals surface area contributed by atoms with Crippen molar-refractivity contribution in [2.24, 2.45) is 0 Å². The van der Waals surface area contributed by atoms with E-state index in [2.05, 4.69) is 0 Å². The minimum atomic E-state index is -2.27. The maximum Gasteiger partial charge on any atom is 0.317 e. The van der Waals surface area contributed by atoms with Crippen LogP contribution in [-0.4, -0.2) is 62.5 Å². The molecule has 1 heterocycles. The number of rotatable bonds is 5. The topological polar surface area (TPSA) is 165 Å². The highest BCUT2D eigenvalue weighted by Crippen LogP contribution is 2.34. The molecule has 0 radical (unpaired) electrons. The minimum absolute atomic E-state index is 0.529. The third kappa shape index (κ3) is 3.41. The Morgan fingerprint density at radius 1 is 1.21 bits per heavy atom. The van der Waals surface area contributed by atoms with Gasteiger partial charge in [0.15, 0.2) is 6.17 Å². The summed E-state index contributed by atoms with van der Waals surface area (Å²) in [5, 5.41) is 49.8. The van der Waals surface area contributed by atoms with E-state index in [9.17, 15) is 34.8 Å². The number of benzene rings is 1. The van der Waals surface area contributed by atoms with Crippen molar-refractivity contribution in [3.8, 4) is 5.75 Å². The fraction of sp³-hybridized carbons (Fsp3) is 0.500. The Balaban J connectivity index is 2.29. The highest BCUT2D eigenvalue weighted by molar-refractivity contribution is 5.53. The van der Waals surface area contributed by atoms with E-state index in [0.29, 0.717) is 6.07 Å². The van der Waals surface area contributed by atoms with Gasteiger partial charge in [-0.05, 0) is 6.07 Å². The predicted molar refractivity (Wildman–Crippen MR) is 73.0 cm³/mol. The average molecular weight is 348 g/mol. The van der Waals surface area contributed by atoms with Gasteiger partial charge in [0.05, 0.1) is 22.5 Å². The van der Waals surface area contributed by atoms with E-state index in [0.717, 1.165) is 12.1 Å². The van der Waals surface area contributed by atoms with Gasteiger partial charge in [0.25, 0.3) is 5.69 Å². The average Bonchev–Trinajstić information content (AvgIpc) is 2.55. The normalized spacial score (nSPS) is 29.9. The summed E-state index contributed by atoms with van der Waals surface area (Å²) in [5.41, 5.74) is -1.37. The molecule has 0 spiro atoms. The Morgan fingerprint density at radius 3 is 2.42 bits per heavy atom. The molecule has 5 atom stereocenters. The number of halogens is 1. The number of aliphatic hydroxyl groups excluding tert-OH is 3. The summed E-state index contributed by atoms with van der Waals surface area (Å²) in [7, 11) is 0. The second-order valence-electron chi connectivity index (χ2n) is 4.94. The van der Waals surface area contributed by atoms with Crippen LogP contribution in [0.2, 0.25) is 0 Å². The zero-order valence-corrected chi connectivity index (χ0v) is 11.9. The smallest absolute Gasteiger partial charge is 0.317 e. The largest absolute Gasteiger partial charge is 0.454 e. The molecule has 1 aromatic carbocycles. The minimum Gasteiger partial charge on any atom is -0.454 e. The molecule has 132 valence electrons. The molecular weight excluding hydrogens is 335 g/mol. The van der Waals surface area contributed by atoms with Gasteiger partial charge >= 0.3 is 5.69 Å². The molecule has 0 aromatic heterocycles. The predicted octanol–water partition coefficient (Wildman–Crippen LogP) is -0.341. The second-order valence-corrected chi connectivity index (χ2v) is 4.94. The van der Waals surface area contributed by atoms with E-state index in [1.54, 1.807) is 0 Å². The fourth-order valence-corrected chi connectivity index (χ4v) is 2.13. The molecule has 24 heavy (non-hydrogen) atoms. The van der Waals surface area contributed by atoms with Crippen molar-refractivity contribution in [3.05, 3.63) is 38.4 Å². The van der Waals surface area contributed by atoms with Gasteiger partial charge in [0.1, 0.15) is 18.3 Å². The van der Waals surface area contributed by atoms with E-state index in [4.69, 9.17) is 14.6 Å². The molecule has 0 bridgehead atoms. The van der Waals surface area contributed by atoms with Crippen LogP contribution in [0, 0.1) is 20.2 Å². The number of hydrogen-bond donors (Lipinski definition) is 3. The first-order chi connectivity index (χ1) is 11.3. The first kappa shape index (κ1) is 17.9. The number of non-ortho nitro benzene ring substituents is 1. The molecule has 1 aliphatic heterocycles. The quantitative estimate of drug-likeness (QED) is 0.476. The van der Waals surface area contributed by atoms with Crippen LogP contribution in [0.5, 0.6) is 5.75 Å². The van der Waals surface area contributed by atoms with Gasteiger partial charge in [0, 0.05) is 6.07 Å². The monoisotopic (exact) mass is 348 g/mol. The summed E-state index contributed by atoms with van der Waals surface area (Å²) in [4.78, 5) is 19.8. The Labute approximate surface area is 133 Å². The third-order valence-electron chi connectivity index (χ3n) is 3.40. The molecule has 0 amide bonds. The van der Waals surface area contributed by atoms with Crippen molar-refractivity contribution >= 4 is 11.4 Å². The van der Waals surface area contributed by atoms with Gasteiger partial charge in [0.2, 0.25) is 12.0 Å². The molecule has 1 fully saturated rings. The summed E-state index contributed by atoms with van der Waals surface area (Å²) >= 11 is 0. The Morgan fingerprint density at radius 2 is 1.88 bits per heavy atom. The molecule has 12 heteroatoms. The number of hydrogen-bond acceptors (Lipinski definition) is 9. The maximum absolute atomic E-state index is 14.0. The first-order valence-electron chi connectivity index (χ1n) is 6.62. The van der Waals surface area contributed by atoms with E-state index in [1.165, 1.54) is 0 Å². The van der Waals surface area contributed by atoms with Crippen molar-refractivity contribution in [1.29, 1.82) is 0 Å². The van der Waals surface area contributed by atoms with Crippen LogP contribution in [-0.2, 0) is 4.74 Å². The highest BCUT2D eigenvalue weighted by Gasteiger charge is 2.46. The van der Waals surface area contributed by atoms with Gasteiger partial charge in [-0.1, -0.05) is 0 Å². The van der Waals surface area contributed by atoms with Crippen molar-refractivity contribution in [2.45, 2.75) is 30.8 Å². The van der Waals surface area contributed by atoms with Crippen molar-refractivity contribution in [3.63, 3.8) is 0 Å². The molecule has 0 saturated carbocycles. The van der Waals surface area contributed by atoms with E-state index in [1.807, 2.05) is 0 Å². The Kier molecular flexibility index (Phi) is 5.23. The molecular formula is C12H13FN2O9. The highest BCUT2D eigenvalue weighted by atomic mass is 19.1. The second kappa shape index (κ2) is 7.00. The van der Waals surface area contributed by atoms with Gasteiger partial charge < -0.3 is 24.8 Å². The summed E-state index contributed by atoms with van der Waals surface area (Å²) in [6, 6.07) is 2.42. The molecule has 1 aromatic rings. The molecule has 1 aliphatic rings. The van der Waals surface area contributed by atoms with Crippen LogP contribution in [0.3, 0.4) is 0 Å². The van der Waals surface area contributed by atoms with Crippen LogP contribution in [0.4, 0.5) is 15.8 Å². The van der Waals surface area contributed by atoms with Crippen molar-refractivity contribution in [2.75, 3.05) is 6.61 Å². The van der Waals surface area contributed by atoms with Crippen molar-refractivity contribution in [1.82, 2.24) is 0 Å². The lowest BCUT2D eigenvalue weighted by Crippen LogP contribution is -2.58. The summed E-state index contributed by atoms with van der Waals surface area (Å²) in [5.74, 6) is -0.529. The zero-order valence-electron chi connectivity index (χ0n) is 11.9. The van der Waals surface area contributed by atoms with Gasteiger partial charge in [-0.2, -0.15) is 0 Å². The lowest BCUT2D eigenvalue weighted by atomic mass is 10.0. The number of nitro benzene ring substituents is 2. The number of ether oxygens (including phenoxy) is 2. The summed E-state index contributed by atoms with van der Waals surface area (Å²) < 4.78 is 23.9. The van der Waals surface area contributed by atoms with Gasteiger partial charge in [-0.3, -0.25) is 20.2 Å². The number of aliphatic hydroxyl groups is 3. The van der Waals surface area contributed by atoms with Gasteiger partial charge in [-0.25, -0.2) is 4.39 Å². The van der Waals surface area contributed by atoms with Crippen LogP contribution < -0.4 is 4.74 Å². The van der Waals surface area contributed by atoms with Crippen LogP contribution in [0.1, 0.15) is 0 Å².